The molecule has 5 nitrogen and oxygen atoms in total. The van der Waals surface area contributed by atoms with Crippen molar-refractivity contribution >= 4 is 16.8 Å². The van der Waals surface area contributed by atoms with Crippen LogP contribution in [0.15, 0.2) is 41.2 Å². The molecule has 0 unspecified atom stereocenters. The van der Waals surface area contributed by atoms with E-state index in [4.69, 9.17) is 4.98 Å². The molecule has 1 amide bonds. The van der Waals surface area contributed by atoms with E-state index in [-0.39, 0.29) is 40.7 Å². The average molecular weight is 416 g/mol. The molecule has 31 heavy (non-hydrogen) atoms. The third-order valence-electron chi connectivity index (χ3n) is 9.14. The van der Waals surface area contributed by atoms with Crippen LogP contribution in [0.25, 0.3) is 10.9 Å². The molecule has 6 bridgehead atoms. The van der Waals surface area contributed by atoms with Gasteiger partial charge in [0.15, 0.2) is 0 Å². The number of fused-ring (bicyclic) bond motifs is 3. The van der Waals surface area contributed by atoms with Crippen LogP contribution < -0.4 is 10.9 Å². The van der Waals surface area contributed by atoms with E-state index in [2.05, 4.69) is 22.5 Å². The molecule has 1 aromatic carbocycles. The summed E-state index contributed by atoms with van der Waals surface area (Å²) in [4.78, 5) is 34.4. The lowest BCUT2D eigenvalue weighted by molar-refractivity contribution is -0.132. The van der Waals surface area contributed by atoms with Gasteiger partial charge in [0.25, 0.3) is 5.56 Å². The normalized spacial score (nSPS) is 41.9. The molecular weight excluding hydrogens is 386 g/mol. The third-order valence-corrected chi connectivity index (χ3v) is 9.14. The average Bonchev–Trinajstić information content (AvgIpc) is 3.34. The zero-order valence-electron chi connectivity index (χ0n) is 17.7. The molecular formula is C26H29N3O2. The Kier molecular flexibility index (Phi) is 3.69. The summed E-state index contributed by atoms with van der Waals surface area (Å²) < 4.78 is 0. The minimum Gasteiger partial charge on any atom is -0.350 e. The van der Waals surface area contributed by atoms with E-state index >= 15 is 0 Å². The first-order valence-corrected chi connectivity index (χ1v) is 12.1. The summed E-state index contributed by atoms with van der Waals surface area (Å²) >= 11 is 0. The molecule has 5 fully saturated rings. The molecule has 6 aliphatic rings. The molecule has 0 aliphatic heterocycles. The molecule has 0 saturated heterocycles. The summed E-state index contributed by atoms with van der Waals surface area (Å²) in [5, 5.41) is 4.22. The Morgan fingerprint density at radius 3 is 2.39 bits per heavy atom. The Hall–Kier alpha value is -2.43. The van der Waals surface area contributed by atoms with Crippen molar-refractivity contribution in [3.05, 3.63) is 52.6 Å². The molecule has 2 N–H and O–H groups in total. The molecule has 0 radical (unpaired) electrons. The van der Waals surface area contributed by atoms with Gasteiger partial charge in [-0.1, -0.05) is 24.3 Å². The first-order chi connectivity index (χ1) is 15.1. The summed E-state index contributed by atoms with van der Waals surface area (Å²) in [5.41, 5.74) is 0.632. The predicted octanol–water partition coefficient (Wildman–Crippen LogP) is 3.91. The molecule has 8 rings (SSSR count). The topological polar surface area (TPSA) is 74.8 Å². The smallest absolute Gasteiger partial charge is 0.258 e. The van der Waals surface area contributed by atoms with Crippen LogP contribution in [0.2, 0.25) is 0 Å². The van der Waals surface area contributed by atoms with Crippen LogP contribution in [0, 0.1) is 35.5 Å². The molecule has 1 heterocycles. The van der Waals surface area contributed by atoms with E-state index in [1.54, 1.807) is 0 Å². The van der Waals surface area contributed by atoms with Gasteiger partial charge < -0.3 is 10.3 Å². The molecule has 1 aromatic heterocycles. The van der Waals surface area contributed by atoms with Gasteiger partial charge in [-0.2, -0.15) is 0 Å². The number of carbonyl (C=O) groups excluding carboxylic acids is 1. The first kappa shape index (κ1) is 18.2. The SMILES string of the molecule is O=C(NC12CC3CC(CC(C3)C1)C2)[C@@H]1[C@@H](c2nc3ccccc3c(=O)[nH]2)[C@H]2C=C[C@H]1C2. The summed E-state index contributed by atoms with van der Waals surface area (Å²) in [6.07, 6.45) is 13.1. The fraction of sp³-hybridized carbons (Fsp3) is 0.577. The Labute approximate surface area is 181 Å². The van der Waals surface area contributed by atoms with Gasteiger partial charge in [0.1, 0.15) is 5.82 Å². The van der Waals surface area contributed by atoms with Gasteiger partial charge >= 0.3 is 0 Å². The maximum atomic E-state index is 13.8. The zero-order chi connectivity index (χ0) is 20.7. The summed E-state index contributed by atoms with van der Waals surface area (Å²) in [5.74, 6) is 3.66. The predicted molar refractivity (Wildman–Crippen MR) is 118 cm³/mol. The Morgan fingerprint density at radius 2 is 1.65 bits per heavy atom. The molecule has 0 spiro atoms. The van der Waals surface area contributed by atoms with Crippen molar-refractivity contribution < 1.29 is 4.79 Å². The van der Waals surface area contributed by atoms with E-state index in [1.807, 2.05) is 24.3 Å². The quantitative estimate of drug-likeness (QED) is 0.747. The van der Waals surface area contributed by atoms with E-state index < -0.39 is 0 Å². The van der Waals surface area contributed by atoms with Crippen LogP contribution in [0.4, 0.5) is 0 Å². The number of amides is 1. The van der Waals surface area contributed by atoms with Crippen LogP contribution in [0.5, 0.6) is 0 Å². The fourth-order valence-corrected chi connectivity index (χ4v) is 8.42. The van der Waals surface area contributed by atoms with Crippen LogP contribution in [-0.2, 0) is 4.79 Å². The van der Waals surface area contributed by atoms with Gasteiger partial charge in [-0.05, 0) is 86.7 Å². The fourth-order valence-electron chi connectivity index (χ4n) is 8.42. The summed E-state index contributed by atoms with van der Waals surface area (Å²) in [6.45, 7) is 0. The standard InChI is InChI=1S/C26H29N3O2/c30-24-19-3-1-2-4-20(19)27-23(28-24)21-17-5-6-18(10-17)22(21)25(31)29-26-11-14-7-15(12-26)9-16(8-14)13-26/h1-6,14-18,21-22H,7-13H2,(H,29,31)(H,27,28,30)/t14?,15?,16?,17-,18-,21-,22-,26?/m0/s1. The van der Waals surface area contributed by atoms with Crippen molar-refractivity contribution in [1.29, 1.82) is 0 Å². The number of aromatic nitrogens is 2. The summed E-state index contributed by atoms with van der Waals surface area (Å²) in [6, 6.07) is 7.47. The van der Waals surface area contributed by atoms with E-state index in [0.717, 1.165) is 43.4 Å². The highest BCUT2D eigenvalue weighted by molar-refractivity contribution is 5.82. The maximum absolute atomic E-state index is 13.8. The maximum Gasteiger partial charge on any atom is 0.258 e. The number of allylic oxidation sites excluding steroid dienone is 2. The monoisotopic (exact) mass is 415 g/mol. The molecule has 4 atom stereocenters. The number of nitrogens with one attached hydrogen (secondary N) is 2. The number of rotatable bonds is 3. The number of hydrogen-bond donors (Lipinski definition) is 2. The second kappa shape index (κ2) is 6.30. The van der Waals surface area contributed by atoms with Crippen LogP contribution in [-0.4, -0.2) is 21.4 Å². The van der Waals surface area contributed by atoms with Crippen molar-refractivity contribution in [1.82, 2.24) is 15.3 Å². The van der Waals surface area contributed by atoms with Crippen molar-refractivity contribution in [3.63, 3.8) is 0 Å². The van der Waals surface area contributed by atoms with Crippen molar-refractivity contribution in [2.24, 2.45) is 35.5 Å². The highest BCUT2D eigenvalue weighted by Crippen LogP contribution is 2.57. The lowest BCUT2D eigenvalue weighted by atomic mass is 9.53. The number of nitrogens with zero attached hydrogens (tertiary/aromatic N) is 1. The molecule has 6 aliphatic carbocycles. The Morgan fingerprint density at radius 1 is 0.968 bits per heavy atom. The molecule has 5 saturated carbocycles. The lowest BCUT2D eigenvalue weighted by Crippen LogP contribution is -2.61. The molecule has 160 valence electrons. The molecule has 5 heteroatoms. The Bertz CT molecular complexity index is 1130. The van der Waals surface area contributed by atoms with Gasteiger partial charge in [0.05, 0.1) is 16.8 Å². The van der Waals surface area contributed by atoms with Gasteiger partial charge in [0, 0.05) is 11.5 Å². The van der Waals surface area contributed by atoms with E-state index in [9.17, 15) is 9.59 Å². The van der Waals surface area contributed by atoms with Gasteiger partial charge in [-0.25, -0.2) is 4.98 Å². The molecule has 2 aromatic rings. The van der Waals surface area contributed by atoms with Gasteiger partial charge in [-0.3, -0.25) is 9.59 Å². The second-order valence-electron chi connectivity index (χ2n) is 11.2. The summed E-state index contributed by atoms with van der Waals surface area (Å²) in [7, 11) is 0. The largest absolute Gasteiger partial charge is 0.350 e. The Balaban J connectivity index is 1.22. The highest BCUT2D eigenvalue weighted by Gasteiger charge is 2.55. The highest BCUT2D eigenvalue weighted by atomic mass is 16.2. The number of carbonyl (C=O) groups is 1. The number of para-hydroxylation sites is 1. The minimum absolute atomic E-state index is 0.0200. The van der Waals surface area contributed by atoms with Gasteiger partial charge in [0.2, 0.25) is 5.91 Å². The van der Waals surface area contributed by atoms with Crippen LogP contribution in [0.3, 0.4) is 0 Å². The lowest BCUT2D eigenvalue weighted by Gasteiger charge is -2.57. The van der Waals surface area contributed by atoms with E-state index in [0.29, 0.717) is 16.7 Å². The third kappa shape index (κ3) is 2.71. The van der Waals surface area contributed by atoms with Crippen molar-refractivity contribution in [2.75, 3.05) is 0 Å². The zero-order valence-corrected chi connectivity index (χ0v) is 17.7. The van der Waals surface area contributed by atoms with Crippen molar-refractivity contribution in [2.45, 2.75) is 56.4 Å². The van der Waals surface area contributed by atoms with Gasteiger partial charge in [-0.15, -0.1) is 0 Å². The van der Waals surface area contributed by atoms with E-state index in [1.165, 1.54) is 19.3 Å². The number of hydrogen-bond acceptors (Lipinski definition) is 3. The minimum atomic E-state index is -0.132. The number of H-pyrrole nitrogens is 1. The second-order valence-corrected chi connectivity index (χ2v) is 11.2. The first-order valence-electron chi connectivity index (χ1n) is 12.1. The van der Waals surface area contributed by atoms with Crippen LogP contribution >= 0.6 is 0 Å². The number of benzene rings is 1. The number of aromatic amines is 1. The van der Waals surface area contributed by atoms with Crippen molar-refractivity contribution in [3.8, 4) is 0 Å². The van der Waals surface area contributed by atoms with Crippen LogP contribution in [0.1, 0.15) is 56.7 Å².